The minimum atomic E-state index is -0.763. The Morgan fingerprint density at radius 1 is 1.39 bits per heavy atom. The maximum absolute atomic E-state index is 12.7. The van der Waals surface area contributed by atoms with Crippen LogP contribution in [0.3, 0.4) is 0 Å². The molecule has 1 N–H and O–H groups in total. The molecule has 1 amide bonds. The van der Waals surface area contributed by atoms with Crippen molar-refractivity contribution in [2.45, 2.75) is 33.1 Å². The minimum Gasteiger partial charge on any atom is -0.481 e. The van der Waals surface area contributed by atoms with Gasteiger partial charge in [0.15, 0.2) is 0 Å². The molecule has 0 bridgehead atoms. The first-order valence-corrected chi connectivity index (χ1v) is 8.33. The number of benzene rings is 1. The van der Waals surface area contributed by atoms with E-state index in [-0.39, 0.29) is 11.8 Å². The number of anilines is 1. The molecule has 0 saturated carbocycles. The van der Waals surface area contributed by atoms with E-state index in [9.17, 15) is 9.59 Å². The number of aliphatic carboxylic acids is 1. The number of hydrogen-bond acceptors (Lipinski definition) is 3. The number of carboxylic acid groups (broad SMARTS) is 1. The second-order valence-electron chi connectivity index (χ2n) is 6.30. The van der Waals surface area contributed by atoms with Gasteiger partial charge in [0.1, 0.15) is 0 Å². The number of nitrogens with zero attached hydrogens (tertiary/aromatic N) is 2. The van der Waals surface area contributed by atoms with Crippen molar-refractivity contribution in [1.82, 2.24) is 4.90 Å². The van der Waals surface area contributed by atoms with E-state index in [0.717, 1.165) is 24.1 Å². The second kappa shape index (κ2) is 8.11. The maximum Gasteiger partial charge on any atom is 0.307 e. The first-order valence-electron chi connectivity index (χ1n) is 8.33. The summed E-state index contributed by atoms with van der Waals surface area (Å²) in [6, 6.07) is 7.97. The molecular weight excluding hydrogens is 292 g/mol. The molecule has 5 nitrogen and oxygen atoms in total. The van der Waals surface area contributed by atoms with Gasteiger partial charge >= 0.3 is 5.97 Å². The molecule has 1 atom stereocenters. The fraction of sp³-hybridized carbons (Fsp3) is 0.556. The summed E-state index contributed by atoms with van der Waals surface area (Å²) in [6.45, 7) is 6.27. The lowest BCUT2D eigenvalue weighted by Gasteiger charge is -2.26. The normalized spacial score (nSPS) is 18.1. The van der Waals surface area contributed by atoms with E-state index in [1.54, 1.807) is 0 Å². The van der Waals surface area contributed by atoms with E-state index < -0.39 is 5.97 Å². The summed E-state index contributed by atoms with van der Waals surface area (Å²) in [6.07, 6.45) is 2.61. The zero-order valence-corrected chi connectivity index (χ0v) is 14.0. The topological polar surface area (TPSA) is 60.9 Å². The third-order valence-electron chi connectivity index (χ3n) is 4.33. The van der Waals surface area contributed by atoms with Crippen LogP contribution < -0.4 is 4.90 Å². The van der Waals surface area contributed by atoms with E-state index >= 15 is 0 Å². The minimum absolute atomic E-state index is 0.0510. The molecule has 0 spiro atoms. The number of amides is 1. The zero-order chi connectivity index (χ0) is 16.8. The Balaban J connectivity index is 2.04. The van der Waals surface area contributed by atoms with Crippen molar-refractivity contribution in [3.05, 3.63) is 29.8 Å². The van der Waals surface area contributed by atoms with Gasteiger partial charge in [-0.25, -0.2) is 0 Å². The Hall–Kier alpha value is -1.88. The van der Waals surface area contributed by atoms with Crippen LogP contribution in [-0.2, 0) is 9.59 Å². The van der Waals surface area contributed by atoms with Crippen molar-refractivity contribution in [3.63, 3.8) is 0 Å². The van der Waals surface area contributed by atoms with Crippen LogP contribution in [-0.4, -0.2) is 48.1 Å². The smallest absolute Gasteiger partial charge is 0.307 e. The van der Waals surface area contributed by atoms with Crippen LogP contribution in [0.2, 0.25) is 0 Å². The molecule has 126 valence electrons. The van der Waals surface area contributed by atoms with Crippen LogP contribution in [0.25, 0.3) is 0 Å². The van der Waals surface area contributed by atoms with Gasteiger partial charge in [-0.15, -0.1) is 0 Å². The van der Waals surface area contributed by atoms with Crippen molar-refractivity contribution in [2.24, 2.45) is 5.92 Å². The van der Waals surface area contributed by atoms with Crippen LogP contribution >= 0.6 is 0 Å². The Morgan fingerprint density at radius 3 is 2.78 bits per heavy atom. The molecule has 0 radical (unpaired) electrons. The average Bonchev–Trinajstić information content (AvgIpc) is 2.96. The Kier molecular flexibility index (Phi) is 6.16. The predicted octanol–water partition coefficient (Wildman–Crippen LogP) is 2.53. The van der Waals surface area contributed by atoms with Crippen LogP contribution in [0.4, 0.5) is 5.69 Å². The Morgan fingerprint density at radius 2 is 2.17 bits per heavy atom. The molecular formula is C18H26N2O3. The second-order valence-corrected chi connectivity index (χ2v) is 6.30. The van der Waals surface area contributed by atoms with E-state index in [4.69, 9.17) is 5.11 Å². The van der Waals surface area contributed by atoms with Gasteiger partial charge in [0.25, 0.3) is 0 Å². The monoisotopic (exact) mass is 318 g/mol. The molecule has 1 heterocycles. The summed E-state index contributed by atoms with van der Waals surface area (Å²) in [7, 11) is 0. The van der Waals surface area contributed by atoms with Crippen molar-refractivity contribution < 1.29 is 14.7 Å². The fourth-order valence-corrected chi connectivity index (χ4v) is 2.96. The van der Waals surface area contributed by atoms with Crippen LogP contribution in [0.5, 0.6) is 0 Å². The maximum atomic E-state index is 12.7. The molecule has 1 aromatic rings. The molecule has 5 heteroatoms. The summed E-state index contributed by atoms with van der Waals surface area (Å²) in [5.41, 5.74) is 2.06. The van der Waals surface area contributed by atoms with Gasteiger partial charge in [-0.1, -0.05) is 25.5 Å². The van der Waals surface area contributed by atoms with Gasteiger partial charge in [0.05, 0.1) is 12.5 Å². The molecule has 1 saturated heterocycles. The molecule has 1 aromatic carbocycles. The molecule has 0 aliphatic carbocycles. The van der Waals surface area contributed by atoms with Gasteiger partial charge in [-0.3, -0.25) is 14.5 Å². The summed E-state index contributed by atoms with van der Waals surface area (Å²) in [5.74, 6) is -1.05. The van der Waals surface area contributed by atoms with E-state index in [1.165, 1.54) is 0 Å². The van der Waals surface area contributed by atoms with Crippen LogP contribution in [0.1, 0.15) is 31.7 Å². The van der Waals surface area contributed by atoms with Crippen LogP contribution in [0, 0.1) is 12.8 Å². The van der Waals surface area contributed by atoms with Crippen molar-refractivity contribution in [3.8, 4) is 0 Å². The van der Waals surface area contributed by atoms with E-state index in [1.807, 2.05) is 41.0 Å². The highest BCUT2D eigenvalue weighted by Crippen LogP contribution is 2.20. The molecule has 1 aliphatic heterocycles. The van der Waals surface area contributed by atoms with Crippen molar-refractivity contribution >= 4 is 17.6 Å². The predicted molar refractivity (Wildman–Crippen MR) is 90.6 cm³/mol. The Bertz CT molecular complexity index is 559. The lowest BCUT2D eigenvalue weighted by atomic mass is 10.1. The van der Waals surface area contributed by atoms with Gasteiger partial charge < -0.3 is 10.0 Å². The molecule has 1 unspecified atom stereocenters. The average molecular weight is 318 g/mol. The summed E-state index contributed by atoms with van der Waals surface area (Å²) in [5, 5.41) is 9.08. The summed E-state index contributed by atoms with van der Waals surface area (Å²) in [4.78, 5) is 27.6. The fourth-order valence-electron chi connectivity index (χ4n) is 2.96. The van der Waals surface area contributed by atoms with Gasteiger partial charge in [0.2, 0.25) is 5.91 Å². The molecule has 0 aromatic heterocycles. The van der Waals surface area contributed by atoms with Crippen LogP contribution in [0.15, 0.2) is 24.3 Å². The molecule has 1 fully saturated rings. The number of carbonyl (C=O) groups excluding carboxylic acids is 1. The highest BCUT2D eigenvalue weighted by molar-refractivity contribution is 5.95. The largest absolute Gasteiger partial charge is 0.481 e. The van der Waals surface area contributed by atoms with Crippen molar-refractivity contribution in [1.29, 1.82) is 0 Å². The number of hydrogen-bond donors (Lipinski definition) is 1. The number of rotatable bonds is 7. The summed E-state index contributed by atoms with van der Waals surface area (Å²) >= 11 is 0. The van der Waals surface area contributed by atoms with E-state index in [0.29, 0.717) is 32.6 Å². The van der Waals surface area contributed by atoms with Crippen molar-refractivity contribution in [2.75, 3.05) is 31.1 Å². The first-order chi connectivity index (χ1) is 11.0. The molecule has 2 rings (SSSR count). The highest BCUT2D eigenvalue weighted by Gasteiger charge is 2.30. The number of likely N-dealkylation sites (tertiary alicyclic amines) is 1. The third kappa shape index (κ3) is 4.79. The SMILES string of the molecule is CCCCN(C(=O)CN1CCC(C(=O)O)C1)c1cccc(C)c1. The zero-order valence-electron chi connectivity index (χ0n) is 14.0. The van der Waals surface area contributed by atoms with Gasteiger partial charge in [0, 0.05) is 18.8 Å². The Labute approximate surface area is 137 Å². The summed E-state index contributed by atoms with van der Waals surface area (Å²) < 4.78 is 0. The number of carbonyl (C=O) groups is 2. The lowest BCUT2D eigenvalue weighted by Crippen LogP contribution is -2.40. The molecule has 1 aliphatic rings. The standard InChI is InChI=1S/C18H26N2O3/c1-3-4-9-20(16-7-5-6-14(2)11-16)17(21)13-19-10-8-15(12-19)18(22)23/h5-7,11,15H,3-4,8-10,12-13H2,1-2H3,(H,22,23). The third-order valence-corrected chi connectivity index (χ3v) is 4.33. The highest BCUT2D eigenvalue weighted by atomic mass is 16.4. The molecule has 23 heavy (non-hydrogen) atoms. The number of carboxylic acids is 1. The quantitative estimate of drug-likeness (QED) is 0.839. The van der Waals surface area contributed by atoms with E-state index in [2.05, 4.69) is 6.92 Å². The first kappa shape index (κ1) is 17.5. The van der Waals surface area contributed by atoms with Gasteiger partial charge in [-0.05, 0) is 44.0 Å². The lowest BCUT2D eigenvalue weighted by molar-refractivity contribution is -0.141. The number of unbranched alkanes of at least 4 members (excludes halogenated alkanes) is 1. The van der Waals surface area contributed by atoms with Gasteiger partial charge in [-0.2, -0.15) is 0 Å². The number of aryl methyl sites for hydroxylation is 1.